The van der Waals surface area contributed by atoms with Crippen molar-refractivity contribution in [2.24, 2.45) is 0 Å². The van der Waals surface area contributed by atoms with Crippen molar-refractivity contribution in [1.29, 1.82) is 0 Å². The normalized spacial score (nSPS) is 13.8. The van der Waals surface area contributed by atoms with Gasteiger partial charge in [0.15, 0.2) is 5.82 Å². The number of hydrogen-bond donors (Lipinski definition) is 2. The largest absolute Gasteiger partial charge is 0.290 e. The average molecular weight is 176 g/mol. The summed E-state index contributed by atoms with van der Waals surface area (Å²) in [5, 5.41) is 1.88. The number of nitrogens with one attached hydrogen (secondary N) is 2. The predicted molar refractivity (Wildman–Crippen MR) is 54.1 cm³/mol. The summed E-state index contributed by atoms with van der Waals surface area (Å²) in [6.45, 7) is 5.85. The molecule has 0 bridgehead atoms. The first-order valence-corrected chi connectivity index (χ1v) is 4.10. The van der Waals surface area contributed by atoms with Gasteiger partial charge in [0, 0.05) is 13.2 Å². The van der Waals surface area contributed by atoms with E-state index in [0.717, 1.165) is 22.6 Å². The predicted octanol–water partition coefficient (Wildman–Crippen LogP) is 1.40. The number of fused-ring (bicyclic) bond motifs is 1. The van der Waals surface area contributed by atoms with Crippen LogP contribution in [0.1, 0.15) is 12.5 Å². The van der Waals surface area contributed by atoms with Crippen LogP contribution in [0.5, 0.6) is 0 Å². The SMILES string of the molecule is C=C(C)c1cnc2c(c1)N(C)NN2. The van der Waals surface area contributed by atoms with E-state index in [0.29, 0.717) is 0 Å². The molecule has 68 valence electrons. The number of allylic oxidation sites excluding steroid dienone is 1. The van der Waals surface area contributed by atoms with Crippen LogP contribution in [0.15, 0.2) is 18.8 Å². The molecule has 1 aliphatic rings. The summed E-state index contributed by atoms with van der Waals surface area (Å²) in [6.07, 6.45) is 1.81. The van der Waals surface area contributed by atoms with Crippen LogP contribution in [0.3, 0.4) is 0 Å². The molecule has 1 aliphatic heterocycles. The van der Waals surface area contributed by atoms with E-state index in [9.17, 15) is 0 Å². The van der Waals surface area contributed by atoms with Gasteiger partial charge in [0.05, 0.1) is 5.69 Å². The second kappa shape index (κ2) is 2.74. The van der Waals surface area contributed by atoms with Gasteiger partial charge in [-0.2, -0.15) is 0 Å². The molecule has 2 heterocycles. The van der Waals surface area contributed by atoms with Gasteiger partial charge < -0.3 is 0 Å². The lowest BCUT2D eigenvalue weighted by molar-refractivity contribution is 0.819. The molecule has 0 fully saturated rings. The molecule has 2 N–H and O–H groups in total. The van der Waals surface area contributed by atoms with Gasteiger partial charge in [0.2, 0.25) is 0 Å². The van der Waals surface area contributed by atoms with Crippen LogP contribution in [0.4, 0.5) is 11.5 Å². The Hall–Kier alpha value is -1.55. The Morgan fingerprint density at radius 1 is 1.62 bits per heavy atom. The number of pyridine rings is 1. The van der Waals surface area contributed by atoms with Crippen molar-refractivity contribution < 1.29 is 0 Å². The summed E-state index contributed by atoms with van der Waals surface area (Å²) < 4.78 is 0. The van der Waals surface area contributed by atoms with Crippen LogP contribution >= 0.6 is 0 Å². The Bertz CT molecular complexity index is 359. The molecule has 0 radical (unpaired) electrons. The molecule has 13 heavy (non-hydrogen) atoms. The highest BCUT2D eigenvalue weighted by Gasteiger charge is 2.15. The maximum atomic E-state index is 4.25. The first kappa shape index (κ1) is 8.07. The Kier molecular flexibility index (Phi) is 1.70. The Morgan fingerprint density at radius 3 is 3.08 bits per heavy atom. The fraction of sp³-hybridized carbons (Fsp3) is 0.222. The first-order chi connectivity index (χ1) is 6.18. The molecule has 0 aromatic carbocycles. The van der Waals surface area contributed by atoms with E-state index in [-0.39, 0.29) is 0 Å². The van der Waals surface area contributed by atoms with Gasteiger partial charge in [-0.3, -0.25) is 10.4 Å². The molecule has 0 atom stereocenters. The molecule has 0 saturated carbocycles. The maximum Gasteiger partial charge on any atom is 0.166 e. The molecule has 0 saturated heterocycles. The average Bonchev–Trinajstić information content (AvgIpc) is 2.47. The van der Waals surface area contributed by atoms with Gasteiger partial charge >= 0.3 is 0 Å². The van der Waals surface area contributed by atoms with Crippen LogP contribution in [0.2, 0.25) is 0 Å². The number of hydrazine groups is 2. The zero-order valence-electron chi connectivity index (χ0n) is 7.76. The molecule has 0 unspecified atom stereocenters. The molecule has 1 aromatic heterocycles. The molecular weight excluding hydrogens is 164 g/mol. The number of nitrogens with zero attached hydrogens (tertiary/aromatic N) is 2. The second-order valence-electron chi connectivity index (χ2n) is 3.17. The summed E-state index contributed by atoms with van der Waals surface area (Å²) in [7, 11) is 1.93. The third-order valence-electron chi connectivity index (χ3n) is 2.06. The van der Waals surface area contributed by atoms with Crippen molar-refractivity contribution >= 4 is 17.1 Å². The van der Waals surface area contributed by atoms with Gasteiger partial charge in [-0.15, -0.1) is 5.53 Å². The van der Waals surface area contributed by atoms with E-state index in [1.807, 2.05) is 25.2 Å². The summed E-state index contributed by atoms with van der Waals surface area (Å²) in [5.74, 6) is 0.854. The minimum Gasteiger partial charge on any atom is -0.290 e. The van der Waals surface area contributed by atoms with Gasteiger partial charge in [-0.25, -0.2) is 4.98 Å². The van der Waals surface area contributed by atoms with E-state index in [1.54, 1.807) is 0 Å². The van der Waals surface area contributed by atoms with Crippen molar-refractivity contribution in [3.05, 3.63) is 24.4 Å². The minimum absolute atomic E-state index is 0.854. The quantitative estimate of drug-likeness (QED) is 0.678. The minimum atomic E-state index is 0.854. The highest BCUT2D eigenvalue weighted by molar-refractivity contribution is 5.74. The summed E-state index contributed by atoms with van der Waals surface area (Å²) in [5.41, 5.74) is 9.03. The number of hydrogen-bond acceptors (Lipinski definition) is 4. The van der Waals surface area contributed by atoms with Crippen LogP contribution in [-0.2, 0) is 0 Å². The fourth-order valence-electron chi connectivity index (χ4n) is 1.24. The highest BCUT2D eigenvalue weighted by atomic mass is 15.7. The van der Waals surface area contributed by atoms with Gasteiger partial charge in [0.25, 0.3) is 0 Å². The third kappa shape index (κ3) is 1.25. The Labute approximate surface area is 77.2 Å². The lowest BCUT2D eigenvalue weighted by Gasteiger charge is -2.09. The molecular formula is C9H12N4. The van der Waals surface area contributed by atoms with Crippen LogP contribution in [0.25, 0.3) is 5.57 Å². The fourth-order valence-corrected chi connectivity index (χ4v) is 1.24. The smallest absolute Gasteiger partial charge is 0.166 e. The topological polar surface area (TPSA) is 40.2 Å². The lowest BCUT2D eigenvalue weighted by Crippen LogP contribution is -2.31. The Morgan fingerprint density at radius 2 is 2.38 bits per heavy atom. The molecule has 4 nitrogen and oxygen atoms in total. The van der Waals surface area contributed by atoms with Crippen LogP contribution in [0, 0.1) is 0 Å². The van der Waals surface area contributed by atoms with E-state index >= 15 is 0 Å². The Balaban J connectivity index is 2.47. The van der Waals surface area contributed by atoms with Crippen molar-refractivity contribution in [2.45, 2.75) is 6.92 Å². The van der Waals surface area contributed by atoms with Crippen LogP contribution < -0.4 is 16.0 Å². The van der Waals surface area contributed by atoms with Gasteiger partial charge in [-0.1, -0.05) is 6.58 Å². The first-order valence-electron chi connectivity index (χ1n) is 4.10. The molecule has 0 amide bonds. The van der Waals surface area contributed by atoms with Gasteiger partial charge in [0.1, 0.15) is 0 Å². The number of anilines is 2. The molecule has 0 aliphatic carbocycles. The summed E-state index contributed by atoms with van der Waals surface area (Å²) in [4.78, 5) is 4.25. The highest BCUT2D eigenvalue weighted by Crippen LogP contribution is 2.27. The van der Waals surface area contributed by atoms with Gasteiger partial charge in [-0.05, 0) is 24.1 Å². The van der Waals surface area contributed by atoms with Crippen molar-refractivity contribution in [3.63, 3.8) is 0 Å². The molecule has 0 spiro atoms. The zero-order chi connectivity index (χ0) is 9.42. The third-order valence-corrected chi connectivity index (χ3v) is 2.06. The van der Waals surface area contributed by atoms with E-state index < -0.39 is 0 Å². The summed E-state index contributed by atoms with van der Waals surface area (Å²) in [6, 6.07) is 2.05. The maximum absolute atomic E-state index is 4.25. The van der Waals surface area contributed by atoms with Crippen molar-refractivity contribution in [3.8, 4) is 0 Å². The van der Waals surface area contributed by atoms with E-state index in [4.69, 9.17) is 0 Å². The standard InChI is InChI=1S/C9H12N4/c1-6(2)7-4-8-9(10-5-7)11-12-13(8)3/h4-5,12H,1H2,2-3H3,(H,10,11). The van der Waals surface area contributed by atoms with Crippen LogP contribution in [-0.4, -0.2) is 12.0 Å². The van der Waals surface area contributed by atoms with E-state index in [2.05, 4.69) is 28.6 Å². The van der Waals surface area contributed by atoms with Crippen molar-refractivity contribution in [1.82, 2.24) is 10.5 Å². The number of aromatic nitrogens is 1. The molecule has 2 rings (SSSR count). The molecule has 1 aromatic rings. The van der Waals surface area contributed by atoms with E-state index in [1.165, 1.54) is 0 Å². The van der Waals surface area contributed by atoms with Crippen molar-refractivity contribution in [2.75, 3.05) is 17.5 Å². The number of rotatable bonds is 1. The monoisotopic (exact) mass is 176 g/mol. The lowest BCUT2D eigenvalue weighted by atomic mass is 10.1. The second-order valence-corrected chi connectivity index (χ2v) is 3.17. The summed E-state index contributed by atoms with van der Waals surface area (Å²) >= 11 is 0. The molecule has 4 heteroatoms. The zero-order valence-corrected chi connectivity index (χ0v) is 7.76.